The van der Waals surface area contributed by atoms with Crippen molar-refractivity contribution in [3.8, 4) is 5.75 Å². The predicted octanol–water partition coefficient (Wildman–Crippen LogP) is 4.03. The summed E-state index contributed by atoms with van der Waals surface area (Å²) in [5.74, 6) is 0.592. The van der Waals surface area contributed by atoms with Crippen molar-refractivity contribution in [1.29, 1.82) is 0 Å². The van der Waals surface area contributed by atoms with E-state index in [1.807, 2.05) is 62.5 Å². The average molecular weight is 527 g/mol. The van der Waals surface area contributed by atoms with E-state index in [1.165, 1.54) is 0 Å². The molecular weight excluding hydrogens is 488 g/mol. The van der Waals surface area contributed by atoms with Crippen molar-refractivity contribution in [2.24, 2.45) is 10.5 Å². The van der Waals surface area contributed by atoms with Gasteiger partial charge >= 0.3 is 0 Å². The lowest BCUT2D eigenvalue weighted by Crippen LogP contribution is -2.47. The molecule has 0 spiro atoms. The van der Waals surface area contributed by atoms with Crippen LogP contribution in [0.15, 0.2) is 46.9 Å². The Morgan fingerprint density at radius 2 is 1.89 bits per heavy atom. The van der Waals surface area contributed by atoms with Crippen LogP contribution in [0.1, 0.15) is 50.1 Å². The molecule has 0 unspecified atom stereocenters. The molecule has 0 N–H and O–H groups in total. The van der Waals surface area contributed by atoms with Gasteiger partial charge < -0.3 is 14.4 Å². The normalized spacial score (nSPS) is 18.5. The minimum Gasteiger partial charge on any atom is -0.497 e. The standard InChI is InChI=1S/C28H38N4O4S/c1-28(2,3)19-26(33)31(12-11-30-13-15-36-16-14-30)20-27(34)32-24(21-7-9-22(35-4)10-8-21)18-23(29-32)25-6-5-17-37-25/h5-10,17,24H,11-16,18-20H2,1-4H3/t24-/m0/s1. The number of nitrogens with zero attached hydrogens (tertiary/aromatic N) is 4. The number of hydrogen-bond acceptors (Lipinski definition) is 7. The van der Waals surface area contributed by atoms with Gasteiger partial charge in [-0.25, -0.2) is 5.01 Å². The zero-order valence-electron chi connectivity index (χ0n) is 22.3. The van der Waals surface area contributed by atoms with E-state index < -0.39 is 0 Å². The Hall–Kier alpha value is -2.75. The predicted molar refractivity (Wildman–Crippen MR) is 146 cm³/mol. The van der Waals surface area contributed by atoms with Gasteiger partial charge in [0.2, 0.25) is 5.91 Å². The van der Waals surface area contributed by atoms with E-state index >= 15 is 0 Å². The first-order valence-corrected chi connectivity index (χ1v) is 13.8. The van der Waals surface area contributed by atoms with Gasteiger partial charge in [0.15, 0.2) is 0 Å². The number of hydrogen-bond donors (Lipinski definition) is 0. The Bertz CT molecular complexity index is 1070. The van der Waals surface area contributed by atoms with Crippen molar-refractivity contribution in [2.75, 3.05) is 53.0 Å². The number of amides is 2. The molecule has 200 valence electrons. The molecule has 0 saturated carbocycles. The second-order valence-electron chi connectivity index (χ2n) is 10.8. The van der Waals surface area contributed by atoms with Crippen molar-refractivity contribution < 1.29 is 19.1 Å². The van der Waals surface area contributed by atoms with E-state index in [0.717, 1.165) is 41.5 Å². The van der Waals surface area contributed by atoms with Crippen LogP contribution < -0.4 is 4.74 Å². The summed E-state index contributed by atoms with van der Waals surface area (Å²) in [6.07, 6.45) is 1.01. The SMILES string of the molecule is COc1ccc([C@@H]2CC(c3cccs3)=NN2C(=O)CN(CCN2CCOCC2)C(=O)CC(C)(C)C)cc1. The molecule has 1 saturated heterocycles. The number of morpholine rings is 1. The maximum atomic E-state index is 13.8. The maximum absolute atomic E-state index is 13.8. The summed E-state index contributed by atoms with van der Waals surface area (Å²) in [6, 6.07) is 11.6. The fourth-order valence-corrected chi connectivity index (χ4v) is 5.32. The summed E-state index contributed by atoms with van der Waals surface area (Å²) in [5, 5.41) is 8.39. The van der Waals surface area contributed by atoms with Crippen molar-refractivity contribution in [3.05, 3.63) is 52.2 Å². The molecule has 2 aliphatic rings. The van der Waals surface area contributed by atoms with Crippen LogP contribution in [0, 0.1) is 5.41 Å². The maximum Gasteiger partial charge on any atom is 0.262 e. The van der Waals surface area contributed by atoms with Gasteiger partial charge in [0, 0.05) is 39.0 Å². The van der Waals surface area contributed by atoms with Gasteiger partial charge in [-0.2, -0.15) is 5.10 Å². The number of ether oxygens (including phenoxy) is 2. The van der Waals surface area contributed by atoms with E-state index in [2.05, 4.69) is 4.90 Å². The van der Waals surface area contributed by atoms with Crippen LogP contribution in [0.2, 0.25) is 0 Å². The molecule has 8 nitrogen and oxygen atoms in total. The number of methoxy groups -OCH3 is 1. The van der Waals surface area contributed by atoms with E-state index in [4.69, 9.17) is 14.6 Å². The molecule has 1 atom stereocenters. The number of rotatable bonds is 9. The third-order valence-corrected chi connectivity index (χ3v) is 7.54. The second kappa shape index (κ2) is 12.2. The van der Waals surface area contributed by atoms with Gasteiger partial charge in [0.05, 0.1) is 37.0 Å². The zero-order chi connectivity index (χ0) is 26.4. The first-order chi connectivity index (χ1) is 17.7. The van der Waals surface area contributed by atoms with E-state index in [1.54, 1.807) is 28.4 Å². The van der Waals surface area contributed by atoms with Crippen molar-refractivity contribution in [3.63, 3.8) is 0 Å². The van der Waals surface area contributed by atoms with Crippen LogP contribution in [-0.2, 0) is 14.3 Å². The minimum atomic E-state index is -0.227. The molecular formula is C28H38N4O4S. The van der Waals surface area contributed by atoms with E-state index in [0.29, 0.717) is 32.6 Å². The number of carbonyl (C=O) groups excluding carboxylic acids is 2. The molecule has 2 amide bonds. The zero-order valence-corrected chi connectivity index (χ0v) is 23.1. The Morgan fingerprint density at radius 3 is 2.51 bits per heavy atom. The van der Waals surface area contributed by atoms with Crippen molar-refractivity contribution in [2.45, 2.75) is 39.7 Å². The van der Waals surface area contributed by atoms with Crippen LogP contribution in [0.25, 0.3) is 0 Å². The van der Waals surface area contributed by atoms with Crippen LogP contribution in [-0.4, -0.2) is 85.4 Å². The molecule has 2 aromatic rings. The molecule has 0 bridgehead atoms. The van der Waals surface area contributed by atoms with Gasteiger partial charge in [0.1, 0.15) is 12.3 Å². The molecule has 0 radical (unpaired) electrons. The lowest BCUT2D eigenvalue weighted by atomic mass is 9.91. The van der Waals surface area contributed by atoms with E-state index in [9.17, 15) is 9.59 Å². The van der Waals surface area contributed by atoms with Crippen LogP contribution >= 0.6 is 11.3 Å². The molecule has 1 aromatic carbocycles. The van der Waals surface area contributed by atoms with E-state index in [-0.39, 0.29) is 29.8 Å². The second-order valence-corrected chi connectivity index (χ2v) is 11.7. The van der Waals surface area contributed by atoms with Gasteiger partial charge in [-0.15, -0.1) is 11.3 Å². The molecule has 9 heteroatoms. The van der Waals surface area contributed by atoms with Crippen molar-refractivity contribution in [1.82, 2.24) is 14.8 Å². The third kappa shape index (κ3) is 7.40. The number of benzene rings is 1. The highest BCUT2D eigenvalue weighted by atomic mass is 32.1. The average Bonchev–Trinajstić information content (AvgIpc) is 3.56. The molecule has 37 heavy (non-hydrogen) atoms. The topological polar surface area (TPSA) is 74.7 Å². The fourth-order valence-electron chi connectivity index (χ4n) is 4.60. The van der Waals surface area contributed by atoms with Crippen LogP contribution in [0.3, 0.4) is 0 Å². The summed E-state index contributed by atoms with van der Waals surface area (Å²) in [5.41, 5.74) is 1.72. The molecule has 0 aliphatic carbocycles. The fraction of sp³-hybridized carbons (Fsp3) is 0.536. The molecule has 1 fully saturated rings. The molecule has 1 aromatic heterocycles. The largest absolute Gasteiger partial charge is 0.497 e. The lowest BCUT2D eigenvalue weighted by Gasteiger charge is -2.32. The number of carbonyl (C=O) groups is 2. The first kappa shape index (κ1) is 27.3. The minimum absolute atomic E-state index is 0.00300. The number of thiophene rings is 1. The van der Waals surface area contributed by atoms with Crippen LogP contribution in [0.5, 0.6) is 5.75 Å². The first-order valence-electron chi connectivity index (χ1n) is 12.9. The lowest BCUT2D eigenvalue weighted by molar-refractivity contribution is -0.142. The summed E-state index contributed by atoms with van der Waals surface area (Å²) < 4.78 is 10.8. The molecule has 3 heterocycles. The summed E-state index contributed by atoms with van der Waals surface area (Å²) >= 11 is 1.62. The summed E-state index contributed by atoms with van der Waals surface area (Å²) in [7, 11) is 1.64. The highest BCUT2D eigenvalue weighted by Crippen LogP contribution is 2.34. The Morgan fingerprint density at radius 1 is 1.16 bits per heavy atom. The number of hydrazone groups is 1. The quantitative estimate of drug-likeness (QED) is 0.493. The smallest absolute Gasteiger partial charge is 0.262 e. The van der Waals surface area contributed by atoms with Gasteiger partial charge in [-0.1, -0.05) is 39.0 Å². The van der Waals surface area contributed by atoms with Gasteiger partial charge in [-0.3, -0.25) is 14.5 Å². The summed E-state index contributed by atoms with van der Waals surface area (Å²) in [6.45, 7) is 10.5. The highest BCUT2D eigenvalue weighted by Gasteiger charge is 2.35. The molecule has 2 aliphatic heterocycles. The Balaban J connectivity index is 1.54. The van der Waals surface area contributed by atoms with Crippen molar-refractivity contribution >= 4 is 28.9 Å². The van der Waals surface area contributed by atoms with Gasteiger partial charge in [0.25, 0.3) is 5.91 Å². The van der Waals surface area contributed by atoms with Gasteiger partial charge in [-0.05, 0) is 34.6 Å². The van der Waals surface area contributed by atoms with Crippen LogP contribution in [0.4, 0.5) is 0 Å². The summed E-state index contributed by atoms with van der Waals surface area (Å²) in [4.78, 5) is 32.1. The monoisotopic (exact) mass is 526 g/mol. The Kier molecular flexibility index (Phi) is 9.00. The Labute approximate surface area is 223 Å². The highest BCUT2D eigenvalue weighted by molar-refractivity contribution is 7.12. The third-order valence-electron chi connectivity index (χ3n) is 6.62. The molecule has 4 rings (SSSR count).